The molecule has 0 spiro atoms. The van der Waals surface area contributed by atoms with Gasteiger partial charge in [-0.05, 0) is 32.6 Å². The van der Waals surface area contributed by atoms with E-state index in [1.165, 1.54) is 19.3 Å². The van der Waals surface area contributed by atoms with Crippen molar-refractivity contribution in [3.8, 4) is 0 Å². The van der Waals surface area contributed by atoms with E-state index in [9.17, 15) is 0 Å². The van der Waals surface area contributed by atoms with E-state index in [1.54, 1.807) is 0 Å². The van der Waals surface area contributed by atoms with Crippen LogP contribution in [0.1, 0.15) is 39.5 Å². The molecule has 0 aliphatic carbocycles. The summed E-state index contributed by atoms with van der Waals surface area (Å²) in [4.78, 5) is 0. The van der Waals surface area contributed by atoms with Crippen molar-refractivity contribution in [1.29, 1.82) is 0 Å². The summed E-state index contributed by atoms with van der Waals surface area (Å²) in [5, 5.41) is 0. The maximum atomic E-state index is 5.35. The Balaban J connectivity index is 2.73. The normalized spacial score (nSPS) is 10.5. The Labute approximate surface area is 76.3 Å². The molecule has 0 saturated carbocycles. The molecule has 0 N–H and O–H groups in total. The molecular weight excluding hydrogens is 152 g/mol. The van der Waals surface area contributed by atoms with Gasteiger partial charge < -0.3 is 9.47 Å². The summed E-state index contributed by atoms with van der Waals surface area (Å²) in [6.07, 6.45) is 4.69. The van der Waals surface area contributed by atoms with Crippen LogP contribution in [0.25, 0.3) is 0 Å². The molecule has 0 aromatic carbocycles. The van der Waals surface area contributed by atoms with Crippen molar-refractivity contribution in [2.45, 2.75) is 39.5 Å². The molecule has 0 radical (unpaired) electrons. The zero-order chi connectivity index (χ0) is 9.07. The predicted molar refractivity (Wildman–Crippen MR) is 51.5 cm³/mol. The fourth-order valence-electron chi connectivity index (χ4n) is 0.976. The monoisotopic (exact) mass is 174 g/mol. The minimum Gasteiger partial charge on any atom is -0.382 e. The molecule has 2 heteroatoms. The minimum absolute atomic E-state index is 0.840. The minimum atomic E-state index is 0.840. The van der Waals surface area contributed by atoms with Gasteiger partial charge in [0.05, 0.1) is 0 Å². The van der Waals surface area contributed by atoms with Crippen LogP contribution in [0, 0.1) is 0 Å². The van der Waals surface area contributed by atoms with E-state index in [0.717, 1.165) is 32.8 Å². The molecule has 0 unspecified atom stereocenters. The number of ether oxygens (including phenoxy) is 2. The fraction of sp³-hybridized carbons (Fsp3) is 1.00. The van der Waals surface area contributed by atoms with Gasteiger partial charge in [0.2, 0.25) is 0 Å². The lowest BCUT2D eigenvalue weighted by atomic mass is 10.2. The molecule has 0 aromatic heterocycles. The van der Waals surface area contributed by atoms with Gasteiger partial charge in [-0.1, -0.05) is 6.92 Å². The second kappa shape index (κ2) is 10.9. The van der Waals surface area contributed by atoms with E-state index in [2.05, 4.69) is 6.92 Å². The Morgan fingerprint density at radius 3 is 2.00 bits per heavy atom. The average Bonchev–Trinajstić information content (AvgIpc) is 2.10. The van der Waals surface area contributed by atoms with Crippen molar-refractivity contribution in [3.63, 3.8) is 0 Å². The van der Waals surface area contributed by atoms with Gasteiger partial charge in [0.15, 0.2) is 0 Å². The van der Waals surface area contributed by atoms with E-state index in [-0.39, 0.29) is 0 Å². The third-order valence-corrected chi connectivity index (χ3v) is 1.63. The first kappa shape index (κ1) is 11.9. The first-order chi connectivity index (χ1) is 5.91. The van der Waals surface area contributed by atoms with Crippen LogP contribution >= 0.6 is 0 Å². The van der Waals surface area contributed by atoms with Gasteiger partial charge in [-0.25, -0.2) is 0 Å². The second-order valence-corrected chi connectivity index (χ2v) is 2.87. The highest BCUT2D eigenvalue weighted by Crippen LogP contribution is 1.96. The Morgan fingerprint density at radius 1 is 0.750 bits per heavy atom. The molecule has 0 atom stereocenters. The Bertz CT molecular complexity index is 64.2. The molecule has 0 aliphatic rings. The van der Waals surface area contributed by atoms with Crippen LogP contribution in [0.5, 0.6) is 0 Å². The van der Waals surface area contributed by atoms with Crippen molar-refractivity contribution in [1.82, 2.24) is 0 Å². The Kier molecular flexibility index (Phi) is 10.8. The third kappa shape index (κ3) is 9.92. The smallest absolute Gasteiger partial charge is 0.0466 e. The van der Waals surface area contributed by atoms with Crippen LogP contribution in [0.3, 0.4) is 0 Å². The van der Waals surface area contributed by atoms with Crippen LogP contribution in [-0.4, -0.2) is 26.4 Å². The highest BCUT2D eigenvalue weighted by molar-refractivity contribution is 4.40. The van der Waals surface area contributed by atoms with Crippen molar-refractivity contribution in [2.24, 2.45) is 0 Å². The summed E-state index contributed by atoms with van der Waals surface area (Å²) in [6.45, 7) is 7.74. The van der Waals surface area contributed by atoms with Gasteiger partial charge in [0.1, 0.15) is 0 Å². The van der Waals surface area contributed by atoms with Gasteiger partial charge in [0.25, 0.3) is 0 Å². The molecule has 0 aromatic rings. The summed E-state index contributed by atoms with van der Waals surface area (Å²) < 4.78 is 10.6. The first-order valence-corrected chi connectivity index (χ1v) is 5.07. The van der Waals surface area contributed by atoms with Crippen molar-refractivity contribution in [2.75, 3.05) is 26.4 Å². The molecule has 0 bridgehead atoms. The van der Waals surface area contributed by atoms with Gasteiger partial charge >= 0.3 is 0 Å². The van der Waals surface area contributed by atoms with Gasteiger partial charge in [-0.15, -0.1) is 0 Å². The first-order valence-electron chi connectivity index (χ1n) is 5.07. The largest absolute Gasteiger partial charge is 0.382 e. The van der Waals surface area contributed by atoms with Crippen molar-refractivity contribution in [3.05, 3.63) is 0 Å². The summed E-state index contributed by atoms with van der Waals surface area (Å²) in [5.41, 5.74) is 0. The molecule has 74 valence electrons. The van der Waals surface area contributed by atoms with Crippen LogP contribution < -0.4 is 0 Å². The fourth-order valence-corrected chi connectivity index (χ4v) is 0.976. The predicted octanol–water partition coefficient (Wildman–Crippen LogP) is 2.62. The van der Waals surface area contributed by atoms with E-state index in [4.69, 9.17) is 9.47 Å². The highest BCUT2D eigenvalue weighted by atomic mass is 16.5. The molecule has 12 heavy (non-hydrogen) atoms. The lowest BCUT2D eigenvalue weighted by Crippen LogP contribution is -1.97. The molecule has 0 amide bonds. The van der Waals surface area contributed by atoms with Crippen molar-refractivity contribution < 1.29 is 9.47 Å². The number of rotatable bonds is 9. The number of hydrogen-bond acceptors (Lipinski definition) is 2. The zero-order valence-corrected chi connectivity index (χ0v) is 8.47. The highest BCUT2D eigenvalue weighted by Gasteiger charge is 1.89. The Hall–Kier alpha value is -0.0800. The zero-order valence-electron chi connectivity index (χ0n) is 8.47. The molecule has 0 saturated heterocycles. The molecule has 0 aliphatic heterocycles. The molecule has 0 heterocycles. The lowest BCUT2D eigenvalue weighted by Gasteiger charge is -2.02. The maximum absolute atomic E-state index is 5.35. The van der Waals surface area contributed by atoms with E-state index >= 15 is 0 Å². The summed E-state index contributed by atoms with van der Waals surface area (Å²) in [6, 6.07) is 0. The van der Waals surface area contributed by atoms with E-state index in [0.29, 0.717) is 0 Å². The second-order valence-electron chi connectivity index (χ2n) is 2.87. The van der Waals surface area contributed by atoms with Crippen molar-refractivity contribution >= 4 is 0 Å². The summed E-state index contributed by atoms with van der Waals surface area (Å²) in [5.74, 6) is 0. The van der Waals surface area contributed by atoms with E-state index in [1.807, 2.05) is 6.92 Å². The van der Waals surface area contributed by atoms with E-state index < -0.39 is 0 Å². The molecule has 2 nitrogen and oxygen atoms in total. The summed E-state index contributed by atoms with van der Waals surface area (Å²) in [7, 11) is 0. The standard InChI is InChI=1S/C10H22O2/c1-3-8-12-10-7-5-6-9-11-4-2/h3-10H2,1-2H3. The SMILES string of the molecule is CCCOCCCCCOCC. The average molecular weight is 174 g/mol. The quantitative estimate of drug-likeness (QED) is 0.500. The Morgan fingerprint density at radius 2 is 1.42 bits per heavy atom. The van der Waals surface area contributed by atoms with Gasteiger partial charge in [-0.2, -0.15) is 0 Å². The molecule has 0 fully saturated rings. The lowest BCUT2D eigenvalue weighted by molar-refractivity contribution is 0.120. The summed E-state index contributed by atoms with van der Waals surface area (Å²) >= 11 is 0. The van der Waals surface area contributed by atoms with Crippen LogP contribution in [0.15, 0.2) is 0 Å². The van der Waals surface area contributed by atoms with Crippen LogP contribution in [-0.2, 0) is 9.47 Å². The number of unbranched alkanes of at least 4 members (excludes halogenated alkanes) is 2. The topological polar surface area (TPSA) is 18.5 Å². The van der Waals surface area contributed by atoms with Crippen LogP contribution in [0.4, 0.5) is 0 Å². The molecular formula is C10H22O2. The third-order valence-electron chi connectivity index (χ3n) is 1.63. The molecule has 0 rings (SSSR count). The van der Waals surface area contributed by atoms with Gasteiger partial charge in [-0.3, -0.25) is 0 Å². The van der Waals surface area contributed by atoms with Crippen LogP contribution in [0.2, 0.25) is 0 Å². The maximum Gasteiger partial charge on any atom is 0.0466 e. The van der Waals surface area contributed by atoms with Gasteiger partial charge in [0, 0.05) is 26.4 Å². The number of hydrogen-bond donors (Lipinski definition) is 0.